The van der Waals surface area contributed by atoms with E-state index in [4.69, 9.17) is 5.14 Å². The Morgan fingerprint density at radius 3 is 2.65 bits per heavy atom. The van der Waals surface area contributed by atoms with Crippen LogP contribution in [-0.2, 0) is 16.6 Å². The molecule has 0 fully saturated rings. The molecule has 0 saturated carbocycles. The lowest BCUT2D eigenvalue weighted by molar-refractivity contribution is 0.600. The van der Waals surface area contributed by atoms with Crippen molar-refractivity contribution in [1.29, 1.82) is 0 Å². The van der Waals surface area contributed by atoms with Crippen molar-refractivity contribution in [2.45, 2.75) is 36.9 Å². The minimum absolute atomic E-state index is 0.181. The Kier molecular flexibility index (Phi) is 6.97. The first-order valence-electron chi connectivity index (χ1n) is 6.53. The molecule has 114 valence electrons. The number of nitrogens with zero attached hydrogens (tertiary/aromatic N) is 1. The maximum Gasteiger partial charge on any atom is 0.247 e. The zero-order chi connectivity index (χ0) is 15.0. The Labute approximate surface area is 124 Å². The van der Waals surface area contributed by atoms with E-state index in [1.54, 1.807) is 13.1 Å². The molecule has 0 bridgehead atoms. The number of hydrogen-bond donors (Lipinski definition) is 3. The zero-order valence-electron chi connectivity index (χ0n) is 11.8. The first kappa shape index (κ1) is 16.9. The molecule has 0 radical (unpaired) electrons. The van der Waals surface area contributed by atoms with Crippen LogP contribution >= 0.6 is 11.3 Å². The van der Waals surface area contributed by atoms with Gasteiger partial charge in [0.1, 0.15) is 4.21 Å². The highest BCUT2D eigenvalue weighted by Gasteiger charge is 2.11. The third-order valence-corrected chi connectivity index (χ3v) is 5.17. The molecule has 1 rings (SSSR count). The van der Waals surface area contributed by atoms with Crippen LogP contribution in [0.2, 0.25) is 0 Å². The first-order chi connectivity index (χ1) is 9.47. The predicted molar refractivity (Wildman–Crippen MR) is 83.4 cm³/mol. The van der Waals surface area contributed by atoms with Crippen molar-refractivity contribution >= 4 is 27.3 Å². The van der Waals surface area contributed by atoms with E-state index >= 15 is 0 Å². The number of unbranched alkanes of at least 4 members (excludes halogenated alkanes) is 2. The highest BCUT2D eigenvalue weighted by Crippen LogP contribution is 2.19. The lowest BCUT2D eigenvalue weighted by Gasteiger charge is -2.10. The summed E-state index contributed by atoms with van der Waals surface area (Å²) in [6, 6.07) is 3.27. The van der Waals surface area contributed by atoms with Gasteiger partial charge in [0, 0.05) is 18.5 Å². The molecular weight excluding hydrogens is 296 g/mol. The van der Waals surface area contributed by atoms with Crippen LogP contribution in [0.3, 0.4) is 0 Å². The molecule has 1 aromatic rings. The number of nitrogens with one attached hydrogen (secondary N) is 2. The van der Waals surface area contributed by atoms with Gasteiger partial charge >= 0.3 is 0 Å². The van der Waals surface area contributed by atoms with Crippen LogP contribution in [0.4, 0.5) is 0 Å². The number of rotatable bonds is 7. The molecule has 6 nitrogen and oxygen atoms in total. The summed E-state index contributed by atoms with van der Waals surface area (Å²) in [5.41, 5.74) is 0. The second kappa shape index (κ2) is 8.23. The number of sulfonamides is 1. The van der Waals surface area contributed by atoms with Gasteiger partial charge in [-0.15, -0.1) is 11.3 Å². The van der Waals surface area contributed by atoms with Crippen molar-refractivity contribution in [1.82, 2.24) is 10.6 Å². The maximum atomic E-state index is 11.2. The molecule has 0 aliphatic carbocycles. The quantitative estimate of drug-likeness (QED) is 0.400. The molecule has 20 heavy (non-hydrogen) atoms. The first-order valence-corrected chi connectivity index (χ1v) is 8.89. The Balaban J connectivity index is 2.43. The molecule has 0 aliphatic heterocycles. The summed E-state index contributed by atoms with van der Waals surface area (Å²) >= 11 is 1.17. The molecular formula is C12H22N4O2S2. The fourth-order valence-electron chi connectivity index (χ4n) is 1.58. The summed E-state index contributed by atoms with van der Waals surface area (Å²) in [5, 5.41) is 11.4. The topological polar surface area (TPSA) is 96.6 Å². The predicted octanol–water partition coefficient (Wildman–Crippen LogP) is 1.25. The highest BCUT2D eigenvalue weighted by molar-refractivity contribution is 7.91. The molecule has 0 aliphatic rings. The molecule has 4 N–H and O–H groups in total. The molecule has 0 aromatic carbocycles. The van der Waals surface area contributed by atoms with Crippen molar-refractivity contribution < 1.29 is 8.42 Å². The van der Waals surface area contributed by atoms with E-state index in [-0.39, 0.29) is 4.21 Å². The molecule has 0 amide bonds. The second-order valence-corrected chi connectivity index (χ2v) is 7.28. The number of hydrogen-bond acceptors (Lipinski definition) is 4. The average Bonchev–Trinajstić information content (AvgIpc) is 2.87. The summed E-state index contributed by atoms with van der Waals surface area (Å²) in [6.07, 6.45) is 3.47. The number of guanidine groups is 1. The Bertz CT molecular complexity index is 537. The van der Waals surface area contributed by atoms with Crippen molar-refractivity contribution in [2.24, 2.45) is 10.1 Å². The van der Waals surface area contributed by atoms with Crippen molar-refractivity contribution in [2.75, 3.05) is 13.6 Å². The van der Waals surface area contributed by atoms with Gasteiger partial charge in [-0.3, -0.25) is 4.99 Å². The number of primary sulfonamides is 1. The van der Waals surface area contributed by atoms with Crippen LogP contribution in [-0.4, -0.2) is 28.0 Å². The Morgan fingerprint density at radius 2 is 2.10 bits per heavy atom. The summed E-state index contributed by atoms with van der Waals surface area (Å²) < 4.78 is 22.5. The van der Waals surface area contributed by atoms with Crippen LogP contribution in [0.5, 0.6) is 0 Å². The normalized spacial score (nSPS) is 12.4. The van der Waals surface area contributed by atoms with E-state index in [0.29, 0.717) is 12.5 Å². The van der Waals surface area contributed by atoms with Gasteiger partial charge in [-0.2, -0.15) is 0 Å². The molecule has 1 heterocycles. The van der Waals surface area contributed by atoms with E-state index in [9.17, 15) is 8.42 Å². The third-order valence-electron chi connectivity index (χ3n) is 2.64. The lowest BCUT2D eigenvalue weighted by atomic mass is 10.2. The largest absolute Gasteiger partial charge is 0.356 e. The van der Waals surface area contributed by atoms with Crippen molar-refractivity contribution in [3.05, 3.63) is 17.0 Å². The molecule has 0 saturated heterocycles. The van der Waals surface area contributed by atoms with Gasteiger partial charge < -0.3 is 10.6 Å². The molecule has 0 spiro atoms. The van der Waals surface area contributed by atoms with Crippen LogP contribution in [0.1, 0.15) is 31.1 Å². The standard InChI is InChI=1S/C12H22N4O2S2/c1-3-4-5-8-15-12(14-2)16-9-10-6-7-11(19-10)20(13,17)18/h6-7H,3-5,8-9H2,1-2H3,(H2,13,17,18)(H2,14,15,16). The van der Waals surface area contributed by atoms with Gasteiger partial charge in [-0.25, -0.2) is 13.6 Å². The van der Waals surface area contributed by atoms with Crippen molar-refractivity contribution in [3.8, 4) is 0 Å². The second-order valence-electron chi connectivity index (χ2n) is 4.33. The third kappa shape index (κ3) is 5.89. The van der Waals surface area contributed by atoms with Crippen LogP contribution < -0.4 is 15.8 Å². The molecule has 0 atom stereocenters. The number of aliphatic imine (C=N–C) groups is 1. The number of nitrogens with two attached hydrogens (primary N) is 1. The van der Waals surface area contributed by atoms with Gasteiger partial charge in [-0.1, -0.05) is 19.8 Å². The van der Waals surface area contributed by atoms with Gasteiger partial charge in [0.05, 0.1) is 6.54 Å². The van der Waals surface area contributed by atoms with Gasteiger partial charge in [0.25, 0.3) is 0 Å². The summed E-state index contributed by atoms with van der Waals surface area (Å²) in [7, 11) is -1.89. The summed E-state index contributed by atoms with van der Waals surface area (Å²) in [5.74, 6) is 0.714. The Hall–Kier alpha value is -1.12. The summed E-state index contributed by atoms with van der Waals surface area (Å²) in [6.45, 7) is 3.56. The van der Waals surface area contributed by atoms with E-state index in [2.05, 4.69) is 22.5 Å². The summed E-state index contributed by atoms with van der Waals surface area (Å²) in [4.78, 5) is 5.01. The molecule has 8 heteroatoms. The maximum absolute atomic E-state index is 11.2. The fourth-order valence-corrected chi connectivity index (χ4v) is 3.30. The monoisotopic (exact) mass is 318 g/mol. The van der Waals surface area contributed by atoms with Crippen LogP contribution in [0.25, 0.3) is 0 Å². The average molecular weight is 318 g/mol. The van der Waals surface area contributed by atoms with Crippen LogP contribution in [0, 0.1) is 0 Å². The molecule has 1 aromatic heterocycles. The SMILES string of the molecule is CCCCCNC(=NC)NCc1ccc(S(N)(=O)=O)s1. The zero-order valence-corrected chi connectivity index (χ0v) is 13.5. The van der Waals surface area contributed by atoms with Gasteiger partial charge in [0.2, 0.25) is 10.0 Å². The van der Waals surface area contributed by atoms with Crippen LogP contribution in [0.15, 0.2) is 21.3 Å². The highest BCUT2D eigenvalue weighted by atomic mass is 32.2. The van der Waals surface area contributed by atoms with E-state index in [1.807, 2.05) is 0 Å². The fraction of sp³-hybridized carbons (Fsp3) is 0.583. The van der Waals surface area contributed by atoms with E-state index in [0.717, 1.165) is 17.8 Å². The number of thiophene rings is 1. The van der Waals surface area contributed by atoms with E-state index < -0.39 is 10.0 Å². The van der Waals surface area contributed by atoms with Crippen molar-refractivity contribution in [3.63, 3.8) is 0 Å². The van der Waals surface area contributed by atoms with E-state index in [1.165, 1.54) is 30.2 Å². The minimum Gasteiger partial charge on any atom is -0.356 e. The minimum atomic E-state index is -3.60. The van der Waals surface area contributed by atoms with Gasteiger partial charge in [0.15, 0.2) is 5.96 Å². The Morgan fingerprint density at radius 1 is 1.35 bits per heavy atom. The van der Waals surface area contributed by atoms with Gasteiger partial charge in [-0.05, 0) is 18.6 Å². The smallest absolute Gasteiger partial charge is 0.247 e. The molecule has 0 unspecified atom stereocenters. The lowest BCUT2D eigenvalue weighted by Crippen LogP contribution is -2.37.